The van der Waals surface area contributed by atoms with Crippen molar-refractivity contribution in [1.82, 2.24) is 15.3 Å². The van der Waals surface area contributed by atoms with E-state index < -0.39 is 15.8 Å². The number of carbonyl (C=O) groups excluding carboxylic acids is 1. The molecular weight excluding hydrogens is 384 g/mol. The summed E-state index contributed by atoms with van der Waals surface area (Å²) >= 11 is 0. The smallest absolute Gasteiger partial charge is 0.271 e. The van der Waals surface area contributed by atoms with Crippen molar-refractivity contribution < 1.29 is 14.1 Å². The van der Waals surface area contributed by atoms with Crippen LogP contribution in [0, 0.1) is 15.5 Å². The Balaban J connectivity index is 1.66. The Bertz CT molecular complexity index is 1200. The van der Waals surface area contributed by atoms with Gasteiger partial charge in [-0.05, 0) is 36.5 Å². The third-order valence-corrected chi connectivity index (χ3v) is 7.62. The van der Waals surface area contributed by atoms with Gasteiger partial charge in [-0.2, -0.15) is 0 Å². The second kappa shape index (κ2) is 5.87. The Morgan fingerprint density at radius 2 is 1.93 bits per heavy atom. The molecule has 8 nitrogen and oxygen atoms in total. The maximum atomic E-state index is 13.6. The third kappa shape index (κ3) is 2.13. The third-order valence-electron chi connectivity index (χ3n) is 7.62. The Hall–Kier alpha value is -3.29. The van der Waals surface area contributed by atoms with Gasteiger partial charge in [-0.25, -0.2) is 9.97 Å². The summed E-state index contributed by atoms with van der Waals surface area (Å²) in [5.41, 5.74) is 0.895. The maximum absolute atomic E-state index is 13.6. The largest absolute Gasteiger partial charge is 0.467 e. The number of furan rings is 1. The molecule has 8 heteroatoms. The average Bonchev–Trinajstić information content (AvgIpc) is 3.34. The van der Waals surface area contributed by atoms with Crippen LogP contribution in [-0.4, -0.2) is 20.8 Å². The number of aromatic nitrogens is 2. The van der Waals surface area contributed by atoms with Crippen LogP contribution in [0.15, 0.2) is 41.0 Å². The summed E-state index contributed by atoms with van der Waals surface area (Å²) in [6, 6.07) is 8.10. The molecule has 0 aliphatic heterocycles. The highest BCUT2D eigenvalue weighted by atomic mass is 16.6. The van der Waals surface area contributed by atoms with E-state index in [-0.39, 0.29) is 17.0 Å². The summed E-state index contributed by atoms with van der Waals surface area (Å²) in [4.78, 5) is 34.1. The van der Waals surface area contributed by atoms with E-state index in [1.807, 2.05) is 6.07 Å². The van der Waals surface area contributed by atoms with Crippen molar-refractivity contribution in [2.24, 2.45) is 5.41 Å². The lowest BCUT2D eigenvalue weighted by molar-refractivity contribution is -0.384. The van der Waals surface area contributed by atoms with Gasteiger partial charge in [0.2, 0.25) is 5.91 Å². The average molecular weight is 406 g/mol. The quantitative estimate of drug-likeness (QED) is 0.521. The molecule has 1 aromatic carbocycles. The zero-order valence-corrected chi connectivity index (χ0v) is 17.1. The number of amides is 1. The molecule has 0 saturated heterocycles. The number of nitrogens with zero attached hydrogens (tertiary/aromatic N) is 3. The van der Waals surface area contributed by atoms with E-state index >= 15 is 0 Å². The number of nitro groups is 1. The van der Waals surface area contributed by atoms with Crippen molar-refractivity contribution in [3.05, 3.63) is 63.9 Å². The molecule has 2 unspecified atom stereocenters. The molecule has 2 atom stereocenters. The highest BCUT2D eigenvalue weighted by Crippen LogP contribution is 2.70. The number of carbonyl (C=O) groups is 1. The topological polar surface area (TPSA) is 111 Å². The summed E-state index contributed by atoms with van der Waals surface area (Å²) in [5.74, 6) is 0.571. The monoisotopic (exact) mass is 406 g/mol. The standard InChI is InChI=1S/C22H22N4O4/c1-20(2)21(3)8-9-22(20,19(27)23-12-14-5-4-10-30-14)18-17(21)24-15-7-6-13(26(28)29)11-16(15)25-18/h4-7,10-11H,8-9,12H2,1-3H3,(H,23,27). The molecule has 1 saturated carbocycles. The first-order chi connectivity index (χ1) is 14.2. The fourth-order valence-electron chi connectivity index (χ4n) is 5.44. The van der Waals surface area contributed by atoms with E-state index in [1.54, 1.807) is 18.4 Å². The van der Waals surface area contributed by atoms with Crippen LogP contribution in [-0.2, 0) is 22.2 Å². The first-order valence-corrected chi connectivity index (χ1v) is 9.98. The number of hydrogen-bond acceptors (Lipinski definition) is 6. The fraction of sp³-hybridized carbons (Fsp3) is 0.409. The van der Waals surface area contributed by atoms with Gasteiger partial charge in [-0.15, -0.1) is 0 Å². The Morgan fingerprint density at radius 3 is 2.63 bits per heavy atom. The van der Waals surface area contributed by atoms with Gasteiger partial charge >= 0.3 is 0 Å². The predicted molar refractivity (Wildman–Crippen MR) is 109 cm³/mol. The molecule has 0 spiro atoms. The first-order valence-electron chi connectivity index (χ1n) is 9.98. The van der Waals surface area contributed by atoms with Gasteiger partial charge < -0.3 is 9.73 Å². The number of rotatable bonds is 4. The number of nitrogens with one attached hydrogen (secondary N) is 1. The Kier molecular flexibility index (Phi) is 3.66. The molecule has 3 aromatic rings. The van der Waals surface area contributed by atoms with Crippen LogP contribution < -0.4 is 5.32 Å². The van der Waals surface area contributed by atoms with E-state index in [0.29, 0.717) is 35.5 Å². The molecule has 2 heterocycles. The summed E-state index contributed by atoms with van der Waals surface area (Å²) in [5, 5.41) is 14.2. The molecule has 2 aliphatic carbocycles. The minimum Gasteiger partial charge on any atom is -0.467 e. The summed E-state index contributed by atoms with van der Waals surface area (Å²) in [6.45, 7) is 6.64. The van der Waals surface area contributed by atoms with Crippen LogP contribution in [0.2, 0.25) is 0 Å². The van der Waals surface area contributed by atoms with Crippen molar-refractivity contribution in [2.45, 2.75) is 51.0 Å². The summed E-state index contributed by atoms with van der Waals surface area (Å²) in [7, 11) is 0. The van der Waals surface area contributed by atoms with Gasteiger partial charge in [0.15, 0.2) is 0 Å². The zero-order valence-electron chi connectivity index (χ0n) is 17.1. The van der Waals surface area contributed by atoms with Gasteiger partial charge in [0.1, 0.15) is 5.76 Å². The van der Waals surface area contributed by atoms with Crippen LogP contribution in [0.3, 0.4) is 0 Å². The lowest BCUT2D eigenvalue weighted by Crippen LogP contribution is -2.51. The number of nitro benzene ring substituents is 1. The number of hydrogen-bond donors (Lipinski definition) is 1. The van der Waals surface area contributed by atoms with E-state index in [1.165, 1.54) is 12.1 Å². The molecule has 2 bridgehead atoms. The Labute approximate surface area is 172 Å². The van der Waals surface area contributed by atoms with Crippen LogP contribution in [0.4, 0.5) is 5.69 Å². The summed E-state index contributed by atoms with van der Waals surface area (Å²) < 4.78 is 5.35. The normalized spacial score (nSPS) is 26.0. The van der Waals surface area contributed by atoms with E-state index in [4.69, 9.17) is 14.4 Å². The molecule has 2 aromatic heterocycles. The lowest BCUT2D eigenvalue weighted by Gasteiger charge is -2.39. The Morgan fingerprint density at radius 1 is 1.17 bits per heavy atom. The predicted octanol–water partition coefficient (Wildman–Crippen LogP) is 3.78. The molecule has 154 valence electrons. The lowest BCUT2D eigenvalue weighted by atomic mass is 9.63. The molecular formula is C22H22N4O4. The van der Waals surface area contributed by atoms with Crippen LogP contribution in [0.5, 0.6) is 0 Å². The second-order valence-electron chi connectivity index (χ2n) is 8.98. The van der Waals surface area contributed by atoms with Crippen molar-refractivity contribution in [2.75, 3.05) is 0 Å². The fourth-order valence-corrected chi connectivity index (χ4v) is 5.44. The van der Waals surface area contributed by atoms with Crippen molar-refractivity contribution in [1.29, 1.82) is 0 Å². The minimum absolute atomic E-state index is 0.0401. The molecule has 5 rings (SSSR count). The molecule has 0 radical (unpaired) electrons. The first kappa shape index (κ1) is 18.7. The van der Waals surface area contributed by atoms with E-state index in [9.17, 15) is 14.9 Å². The SMILES string of the molecule is CC12CCC(C(=O)NCc3ccco3)(c3nc4cc([N+](=O)[O-])ccc4nc31)C2(C)C. The number of fused-ring (bicyclic) bond motifs is 6. The van der Waals surface area contributed by atoms with Crippen molar-refractivity contribution in [3.8, 4) is 0 Å². The van der Waals surface area contributed by atoms with Crippen LogP contribution in [0.25, 0.3) is 11.0 Å². The van der Waals surface area contributed by atoms with Crippen molar-refractivity contribution >= 4 is 22.6 Å². The minimum atomic E-state index is -0.852. The molecule has 1 amide bonds. The van der Waals surface area contributed by atoms with Gasteiger partial charge in [-0.1, -0.05) is 20.8 Å². The second-order valence-corrected chi connectivity index (χ2v) is 8.98. The highest BCUT2D eigenvalue weighted by Gasteiger charge is 2.73. The van der Waals surface area contributed by atoms with Crippen LogP contribution >= 0.6 is 0 Å². The number of non-ortho nitro benzene ring substituents is 1. The molecule has 2 aliphatic rings. The zero-order chi connectivity index (χ0) is 21.3. The van der Waals surface area contributed by atoms with Crippen molar-refractivity contribution in [3.63, 3.8) is 0 Å². The maximum Gasteiger partial charge on any atom is 0.271 e. The van der Waals surface area contributed by atoms with Gasteiger partial charge in [0.25, 0.3) is 5.69 Å². The van der Waals surface area contributed by atoms with Crippen LogP contribution in [0.1, 0.15) is 50.8 Å². The van der Waals surface area contributed by atoms with Gasteiger partial charge in [0.05, 0.1) is 45.6 Å². The summed E-state index contributed by atoms with van der Waals surface area (Å²) in [6.07, 6.45) is 3.06. The highest BCUT2D eigenvalue weighted by molar-refractivity contribution is 5.93. The molecule has 1 fully saturated rings. The molecule has 1 N–H and O–H groups in total. The number of benzene rings is 1. The molecule has 30 heavy (non-hydrogen) atoms. The van der Waals surface area contributed by atoms with Gasteiger partial charge in [-0.3, -0.25) is 14.9 Å². The van der Waals surface area contributed by atoms with Gasteiger partial charge in [0, 0.05) is 17.5 Å². The van der Waals surface area contributed by atoms with E-state index in [2.05, 4.69) is 26.1 Å². The van der Waals surface area contributed by atoms with E-state index in [0.717, 1.165) is 12.1 Å².